The molecule has 7 nitrogen and oxygen atoms in total. The van der Waals surface area contributed by atoms with Crippen molar-refractivity contribution in [3.63, 3.8) is 0 Å². The van der Waals surface area contributed by atoms with Gasteiger partial charge >= 0.3 is 0 Å². The number of benzene rings is 3. The first-order valence-electron chi connectivity index (χ1n) is 15.1. The van der Waals surface area contributed by atoms with Crippen LogP contribution >= 0.6 is 0 Å². The average molecular weight is 580 g/mol. The zero-order valence-electron chi connectivity index (χ0n) is 24.7. The van der Waals surface area contributed by atoms with Gasteiger partial charge in [-0.3, -0.25) is 9.59 Å². The highest BCUT2D eigenvalue weighted by molar-refractivity contribution is 6.06. The Balaban J connectivity index is 1.24. The molecule has 3 aromatic carbocycles. The maximum atomic E-state index is 13.2. The third kappa shape index (κ3) is 6.03. The molecule has 0 saturated carbocycles. The molecule has 1 heterocycles. The number of Topliss-reactive ketones (excluding diaryl/α,β-unsaturated/α-hetero) is 2. The Morgan fingerprint density at radius 3 is 1.95 bits per heavy atom. The van der Waals surface area contributed by atoms with E-state index in [1.165, 1.54) is 0 Å². The number of ether oxygens (including phenoxy) is 4. The number of carbonyl (C=O) groups excluding carboxylic acids is 2. The van der Waals surface area contributed by atoms with Crippen molar-refractivity contribution in [2.45, 2.75) is 64.6 Å². The second-order valence-electron chi connectivity index (χ2n) is 11.1. The van der Waals surface area contributed by atoms with E-state index in [2.05, 4.69) is 5.32 Å². The molecule has 0 saturated heterocycles. The topological polar surface area (TPSA) is 83.1 Å². The fraction of sp³-hybridized carbons (Fsp3) is 0.333. The van der Waals surface area contributed by atoms with Crippen molar-refractivity contribution in [1.29, 1.82) is 0 Å². The van der Waals surface area contributed by atoms with Gasteiger partial charge in [-0.2, -0.15) is 0 Å². The lowest BCUT2D eigenvalue weighted by molar-refractivity contribution is -0.117. The second-order valence-corrected chi connectivity index (χ2v) is 11.1. The fourth-order valence-electron chi connectivity index (χ4n) is 6.23. The van der Waals surface area contributed by atoms with Gasteiger partial charge < -0.3 is 24.3 Å². The van der Waals surface area contributed by atoms with Crippen LogP contribution in [0.5, 0.6) is 23.0 Å². The average Bonchev–Trinajstić information content (AvgIpc) is 3.03. The summed E-state index contributed by atoms with van der Waals surface area (Å²) >= 11 is 0. The Labute approximate surface area is 252 Å². The van der Waals surface area contributed by atoms with Gasteiger partial charge in [-0.15, -0.1) is 0 Å². The number of carbonyl (C=O) groups is 2. The number of nitrogens with one attached hydrogen (secondary N) is 1. The molecule has 1 N–H and O–H groups in total. The molecule has 0 aromatic heterocycles. The van der Waals surface area contributed by atoms with E-state index in [1.54, 1.807) is 7.11 Å². The van der Waals surface area contributed by atoms with Crippen LogP contribution in [0.2, 0.25) is 0 Å². The van der Waals surface area contributed by atoms with Gasteiger partial charge in [0.25, 0.3) is 0 Å². The van der Waals surface area contributed by atoms with Crippen molar-refractivity contribution >= 4 is 11.6 Å². The first-order chi connectivity index (χ1) is 21.1. The van der Waals surface area contributed by atoms with Gasteiger partial charge in [0.1, 0.15) is 13.2 Å². The molecule has 3 aromatic rings. The van der Waals surface area contributed by atoms with Crippen molar-refractivity contribution < 1.29 is 28.5 Å². The SMILES string of the molecule is CCOc1cc(C2C3=C(CCCC3=O)NC3=C2C(=O)CCC3)ccc1OCc1ccc(OCc2ccccc2)c(OC)c1. The summed E-state index contributed by atoms with van der Waals surface area (Å²) in [7, 11) is 1.62. The van der Waals surface area contributed by atoms with Crippen LogP contribution in [0, 0.1) is 0 Å². The molecule has 2 aliphatic carbocycles. The summed E-state index contributed by atoms with van der Waals surface area (Å²) in [5.41, 5.74) is 6.28. The van der Waals surface area contributed by atoms with E-state index in [0.29, 0.717) is 55.7 Å². The van der Waals surface area contributed by atoms with Crippen LogP contribution in [0.3, 0.4) is 0 Å². The van der Waals surface area contributed by atoms with E-state index in [4.69, 9.17) is 18.9 Å². The number of ketones is 2. The van der Waals surface area contributed by atoms with Gasteiger partial charge in [0.2, 0.25) is 0 Å². The molecule has 0 radical (unpaired) electrons. The summed E-state index contributed by atoms with van der Waals surface area (Å²) in [6.45, 7) is 3.12. The summed E-state index contributed by atoms with van der Waals surface area (Å²) < 4.78 is 23.9. The van der Waals surface area contributed by atoms with Gasteiger partial charge in [0.05, 0.1) is 13.7 Å². The van der Waals surface area contributed by atoms with Gasteiger partial charge in [0, 0.05) is 41.3 Å². The minimum atomic E-state index is -0.382. The molecule has 7 heteroatoms. The van der Waals surface area contributed by atoms with Gasteiger partial charge in [0.15, 0.2) is 34.6 Å². The maximum Gasteiger partial charge on any atom is 0.161 e. The smallest absolute Gasteiger partial charge is 0.161 e. The Morgan fingerprint density at radius 2 is 1.30 bits per heavy atom. The van der Waals surface area contributed by atoms with Crippen LogP contribution in [0.25, 0.3) is 0 Å². The van der Waals surface area contributed by atoms with E-state index in [0.717, 1.165) is 64.9 Å². The molecule has 0 fully saturated rings. The highest BCUT2D eigenvalue weighted by Crippen LogP contribution is 2.46. The first kappa shape index (κ1) is 28.6. The van der Waals surface area contributed by atoms with Crippen molar-refractivity contribution in [3.05, 3.63) is 106 Å². The Hall–Kier alpha value is -4.52. The zero-order valence-corrected chi connectivity index (χ0v) is 24.7. The molecule has 0 atom stereocenters. The van der Waals surface area contributed by atoms with E-state index in [-0.39, 0.29) is 17.5 Å². The predicted octanol–water partition coefficient (Wildman–Crippen LogP) is 6.95. The van der Waals surface area contributed by atoms with Gasteiger partial charge in [-0.05, 0) is 73.6 Å². The molecule has 0 spiro atoms. The molecule has 1 aliphatic heterocycles. The molecule has 0 unspecified atom stereocenters. The predicted molar refractivity (Wildman–Crippen MR) is 163 cm³/mol. The Bertz CT molecular complexity index is 1550. The summed E-state index contributed by atoms with van der Waals surface area (Å²) in [5, 5.41) is 3.48. The Kier molecular flexibility index (Phi) is 8.50. The van der Waals surface area contributed by atoms with Gasteiger partial charge in [-0.1, -0.05) is 42.5 Å². The molecule has 43 heavy (non-hydrogen) atoms. The number of hydrogen-bond acceptors (Lipinski definition) is 7. The minimum absolute atomic E-state index is 0.118. The molecular weight excluding hydrogens is 542 g/mol. The quantitative estimate of drug-likeness (QED) is 0.278. The largest absolute Gasteiger partial charge is 0.493 e. The van der Waals surface area contributed by atoms with Crippen LogP contribution in [0.15, 0.2) is 89.3 Å². The molecule has 6 rings (SSSR count). The van der Waals surface area contributed by atoms with E-state index < -0.39 is 0 Å². The molecule has 3 aliphatic rings. The first-order valence-corrected chi connectivity index (χ1v) is 15.1. The normalized spacial score (nSPS) is 16.8. The van der Waals surface area contributed by atoms with Crippen molar-refractivity contribution in [3.8, 4) is 23.0 Å². The molecule has 0 bridgehead atoms. The number of methoxy groups -OCH3 is 1. The van der Waals surface area contributed by atoms with Crippen LogP contribution in [-0.2, 0) is 22.8 Å². The standard InChI is InChI=1S/C36H37NO6/c1-3-41-33-20-25(34-35-26(11-7-13-28(35)38)37-27-12-8-14-29(39)36(27)34)16-18-31(33)43-22-24-15-17-30(32(19-24)40-2)42-21-23-9-5-4-6-10-23/h4-6,9-10,15-20,34,37H,3,7-8,11-14,21-22H2,1-2H3. The summed E-state index contributed by atoms with van der Waals surface area (Å²) in [6.07, 6.45) is 4.31. The van der Waals surface area contributed by atoms with Crippen LogP contribution < -0.4 is 24.3 Å². The second kappa shape index (κ2) is 12.8. The summed E-state index contributed by atoms with van der Waals surface area (Å²) in [4.78, 5) is 26.4. The van der Waals surface area contributed by atoms with Crippen molar-refractivity contribution in [2.75, 3.05) is 13.7 Å². The zero-order chi connectivity index (χ0) is 29.8. The molecule has 222 valence electrons. The maximum absolute atomic E-state index is 13.2. The van der Waals surface area contributed by atoms with E-state index in [1.807, 2.05) is 73.7 Å². The third-order valence-corrected chi connectivity index (χ3v) is 8.25. The highest BCUT2D eigenvalue weighted by Gasteiger charge is 2.40. The Morgan fingerprint density at radius 1 is 0.674 bits per heavy atom. The monoisotopic (exact) mass is 579 g/mol. The minimum Gasteiger partial charge on any atom is -0.493 e. The highest BCUT2D eigenvalue weighted by atomic mass is 16.5. The van der Waals surface area contributed by atoms with Crippen LogP contribution in [0.4, 0.5) is 0 Å². The number of dihydropyridines is 1. The number of hydrogen-bond donors (Lipinski definition) is 1. The fourth-order valence-corrected chi connectivity index (χ4v) is 6.23. The third-order valence-electron chi connectivity index (χ3n) is 8.25. The van der Waals surface area contributed by atoms with Crippen LogP contribution in [0.1, 0.15) is 68.1 Å². The molecule has 0 amide bonds. The lowest BCUT2D eigenvalue weighted by Crippen LogP contribution is -2.36. The number of allylic oxidation sites excluding steroid dienone is 4. The molecular formula is C36H37NO6. The summed E-state index contributed by atoms with van der Waals surface area (Å²) in [5.74, 6) is 2.33. The van der Waals surface area contributed by atoms with Gasteiger partial charge in [-0.25, -0.2) is 0 Å². The van der Waals surface area contributed by atoms with Crippen molar-refractivity contribution in [2.24, 2.45) is 0 Å². The summed E-state index contributed by atoms with van der Waals surface area (Å²) in [6, 6.07) is 21.5. The van der Waals surface area contributed by atoms with E-state index in [9.17, 15) is 9.59 Å². The lowest BCUT2D eigenvalue weighted by atomic mass is 9.71. The lowest BCUT2D eigenvalue weighted by Gasteiger charge is -2.37. The van der Waals surface area contributed by atoms with Crippen molar-refractivity contribution in [1.82, 2.24) is 5.32 Å². The number of rotatable bonds is 10. The van der Waals surface area contributed by atoms with E-state index >= 15 is 0 Å². The van der Waals surface area contributed by atoms with Crippen LogP contribution in [-0.4, -0.2) is 25.3 Å².